The number of benzene rings is 2. The Labute approximate surface area is 152 Å². The SMILES string of the molecule is COc1ccc2c(c1)CCCCN2C(=O)c1cccc(OCC(=O)O)c1. The first-order chi connectivity index (χ1) is 12.6. The summed E-state index contributed by atoms with van der Waals surface area (Å²) in [6.07, 6.45) is 2.82. The van der Waals surface area contributed by atoms with Gasteiger partial charge in [-0.05, 0) is 61.2 Å². The number of fused-ring (bicyclic) bond motifs is 1. The molecule has 136 valence electrons. The smallest absolute Gasteiger partial charge is 0.341 e. The van der Waals surface area contributed by atoms with Gasteiger partial charge < -0.3 is 19.5 Å². The molecular weight excluding hydrogens is 334 g/mol. The zero-order chi connectivity index (χ0) is 18.5. The monoisotopic (exact) mass is 355 g/mol. The van der Waals surface area contributed by atoms with Gasteiger partial charge in [0.25, 0.3) is 5.91 Å². The number of carbonyl (C=O) groups is 2. The van der Waals surface area contributed by atoms with Gasteiger partial charge in [-0.15, -0.1) is 0 Å². The number of methoxy groups -OCH3 is 1. The number of aryl methyl sites for hydroxylation is 1. The number of ether oxygens (including phenoxy) is 2. The van der Waals surface area contributed by atoms with Crippen molar-refractivity contribution in [1.29, 1.82) is 0 Å². The van der Waals surface area contributed by atoms with Crippen molar-refractivity contribution >= 4 is 17.6 Å². The highest BCUT2D eigenvalue weighted by atomic mass is 16.5. The average Bonchev–Trinajstić information content (AvgIpc) is 2.87. The number of hydrogen-bond acceptors (Lipinski definition) is 4. The zero-order valence-electron chi connectivity index (χ0n) is 14.6. The molecule has 0 aliphatic carbocycles. The number of carbonyl (C=O) groups excluding carboxylic acids is 1. The van der Waals surface area contributed by atoms with Crippen molar-refractivity contribution in [2.24, 2.45) is 0 Å². The van der Waals surface area contributed by atoms with Gasteiger partial charge in [0, 0.05) is 17.8 Å². The van der Waals surface area contributed by atoms with Crippen LogP contribution in [0.4, 0.5) is 5.69 Å². The fourth-order valence-corrected chi connectivity index (χ4v) is 3.09. The van der Waals surface area contributed by atoms with Crippen molar-refractivity contribution in [2.75, 3.05) is 25.2 Å². The molecule has 1 amide bonds. The minimum Gasteiger partial charge on any atom is -0.497 e. The molecule has 0 bridgehead atoms. The average molecular weight is 355 g/mol. The third-order valence-electron chi connectivity index (χ3n) is 4.34. The minimum absolute atomic E-state index is 0.126. The Hall–Kier alpha value is -3.02. The molecule has 0 unspecified atom stereocenters. The van der Waals surface area contributed by atoms with Gasteiger partial charge >= 0.3 is 5.97 Å². The fourth-order valence-electron chi connectivity index (χ4n) is 3.09. The fraction of sp³-hybridized carbons (Fsp3) is 0.300. The molecule has 1 aliphatic heterocycles. The van der Waals surface area contributed by atoms with Crippen LogP contribution in [0.3, 0.4) is 0 Å². The lowest BCUT2D eigenvalue weighted by molar-refractivity contribution is -0.139. The van der Waals surface area contributed by atoms with Crippen molar-refractivity contribution in [3.63, 3.8) is 0 Å². The van der Waals surface area contributed by atoms with E-state index < -0.39 is 12.6 Å². The van der Waals surface area contributed by atoms with Gasteiger partial charge in [-0.2, -0.15) is 0 Å². The second kappa shape index (κ2) is 7.91. The maximum Gasteiger partial charge on any atom is 0.341 e. The molecule has 3 rings (SSSR count). The van der Waals surface area contributed by atoms with Crippen molar-refractivity contribution in [3.05, 3.63) is 53.6 Å². The van der Waals surface area contributed by atoms with E-state index in [0.717, 1.165) is 36.3 Å². The standard InChI is InChI=1S/C20H21NO5/c1-25-16-8-9-18-14(11-16)5-2-3-10-21(18)20(24)15-6-4-7-17(12-15)26-13-19(22)23/h4,6-9,11-12H,2-3,5,10,13H2,1H3,(H,22,23). The van der Waals surface area contributed by atoms with Gasteiger partial charge in [-0.1, -0.05) is 6.07 Å². The number of rotatable bonds is 5. The van der Waals surface area contributed by atoms with Crippen LogP contribution in [0.1, 0.15) is 28.8 Å². The highest BCUT2D eigenvalue weighted by Gasteiger charge is 2.23. The molecule has 0 spiro atoms. The number of hydrogen-bond donors (Lipinski definition) is 1. The van der Waals surface area contributed by atoms with E-state index >= 15 is 0 Å². The predicted molar refractivity (Wildman–Crippen MR) is 97.2 cm³/mol. The van der Waals surface area contributed by atoms with Crippen molar-refractivity contribution in [3.8, 4) is 11.5 Å². The first kappa shape index (κ1) is 17.8. The molecule has 6 nitrogen and oxygen atoms in total. The summed E-state index contributed by atoms with van der Waals surface area (Å²) in [5.74, 6) is -0.0404. The maximum absolute atomic E-state index is 13.1. The summed E-state index contributed by atoms with van der Waals surface area (Å²) >= 11 is 0. The normalized spacial score (nSPS) is 13.5. The summed E-state index contributed by atoms with van der Waals surface area (Å²) in [7, 11) is 1.63. The molecule has 0 fully saturated rings. The van der Waals surface area contributed by atoms with E-state index in [0.29, 0.717) is 17.9 Å². The van der Waals surface area contributed by atoms with E-state index in [1.54, 1.807) is 36.3 Å². The topological polar surface area (TPSA) is 76.1 Å². The van der Waals surface area contributed by atoms with E-state index in [4.69, 9.17) is 14.6 Å². The number of aliphatic carboxylic acids is 1. The van der Waals surface area contributed by atoms with E-state index in [1.165, 1.54) is 0 Å². The van der Waals surface area contributed by atoms with Crippen LogP contribution in [-0.4, -0.2) is 37.2 Å². The van der Waals surface area contributed by atoms with Gasteiger partial charge in [-0.25, -0.2) is 4.79 Å². The Morgan fingerprint density at radius 2 is 1.96 bits per heavy atom. The number of carboxylic acids is 1. The van der Waals surface area contributed by atoms with Crippen LogP contribution in [-0.2, 0) is 11.2 Å². The van der Waals surface area contributed by atoms with Crippen LogP contribution in [0.25, 0.3) is 0 Å². The van der Waals surface area contributed by atoms with Crippen LogP contribution in [0.15, 0.2) is 42.5 Å². The molecule has 1 N–H and O–H groups in total. The molecular formula is C20H21NO5. The van der Waals surface area contributed by atoms with Crippen LogP contribution in [0, 0.1) is 0 Å². The maximum atomic E-state index is 13.1. The molecule has 0 radical (unpaired) electrons. The summed E-state index contributed by atoms with van der Waals surface area (Å²) in [6.45, 7) is 0.197. The zero-order valence-corrected chi connectivity index (χ0v) is 14.6. The predicted octanol–water partition coefficient (Wildman–Crippen LogP) is 3.14. The molecule has 0 saturated carbocycles. The molecule has 0 aromatic heterocycles. The van der Waals surface area contributed by atoms with Gasteiger partial charge in [0.1, 0.15) is 11.5 Å². The summed E-state index contributed by atoms with van der Waals surface area (Å²) in [6, 6.07) is 12.4. The molecule has 1 heterocycles. The minimum atomic E-state index is -1.06. The van der Waals surface area contributed by atoms with Gasteiger partial charge in [0.2, 0.25) is 0 Å². The van der Waals surface area contributed by atoms with E-state index in [9.17, 15) is 9.59 Å². The Morgan fingerprint density at radius 1 is 1.12 bits per heavy atom. The quantitative estimate of drug-likeness (QED) is 0.892. The Kier molecular flexibility index (Phi) is 5.41. The first-order valence-corrected chi connectivity index (χ1v) is 8.52. The number of carboxylic acid groups (broad SMARTS) is 1. The lowest BCUT2D eigenvalue weighted by Gasteiger charge is -2.23. The Balaban J connectivity index is 1.88. The number of anilines is 1. The van der Waals surface area contributed by atoms with Crippen LogP contribution in [0.5, 0.6) is 11.5 Å². The molecule has 6 heteroatoms. The highest BCUT2D eigenvalue weighted by molar-refractivity contribution is 6.06. The molecule has 0 saturated heterocycles. The lowest BCUT2D eigenvalue weighted by Crippen LogP contribution is -2.31. The van der Waals surface area contributed by atoms with Crippen LogP contribution in [0.2, 0.25) is 0 Å². The first-order valence-electron chi connectivity index (χ1n) is 8.52. The largest absolute Gasteiger partial charge is 0.497 e. The molecule has 2 aromatic rings. The molecule has 26 heavy (non-hydrogen) atoms. The van der Waals surface area contributed by atoms with E-state index in [-0.39, 0.29) is 5.91 Å². The third kappa shape index (κ3) is 3.96. The number of amides is 1. The second-order valence-electron chi connectivity index (χ2n) is 6.12. The summed E-state index contributed by atoms with van der Waals surface area (Å²) in [5.41, 5.74) is 2.45. The van der Waals surface area contributed by atoms with Crippen LogP contribution >= 0.6 is 0 Å². The second-order valence-corrected chi connectivity index (χ2v) is 6.12. The third-order valence-corrected chi connectivity index (χ3v) is 4.34. The molecule has 2 aromatic carbocycles. The lowest BCUT2D eigenvalue weighted by atomic mass is 10.1. The van der Waals surface area contributed by atoms with Crippen molar-refractivity contribution in [1.82, 2.24) is 0 Å². The van der Waals surface area contributed by atoms with Crippen molar-refractivity contribution in [2.45, 2.75) is 19.3 Å². The summed E-state index contributed by atoms with van der Waals surface area (Å²) < 4.78 is 10.5. The highest BCUT2D eigenvalue weighted by Crippen LogP contribution is 2.31. The van der Waals surface area contributed by atoms with Gasteiger partial charge in [0.15, 0.2) is 6.61 Å². The Bertz CT molecular complexity index is 818. The van der Waals surface area contributed by atoms with Gasteiger partial charge in [-0.3, -0.25) is 4.79 Å². The summed E-state index contributed by atoms with van der Waals surface area (Å²) in [4.78, 5) is 25.5. The van der Waals surface area contributed by atoms with E-state index in [1.807, 2.05) is 18.2 Å². The summed E-state index contributed by atoms with van der Waals surface area (Å²) in [5, 5.41) is 8.73. The van der Waals surface area contributed by atoms with E-state index in [2.05, 4.69) is 0 Å². The molecule has 0 atom stereocenters. The van der Waals surface area contributed by atoms with Crippen molar-refractivity contribution < 1.29 is 24.2 Å². The van der Waals surface area contributed by atoms with Gasteiger partial charge in [0.05, 0.1) is 7.11 Å². The number of nitrogens with zero attached hydrogens (tertiary/aromatic N) is 1. The Morgan fingerprint density at radius 3 is 2.73 bits per heavy atom. The molecule has 1 aliphatic rings. The van der Waals surface area contributed by atoms with Crippen LogP contribution < -0.4 is 14.4 Å².